The molecule has 0 radical (unpaired) electrons. The number of fused-ring (bicyclic) bond motifs is 2. The van der Waals surface area contributed by atoms with Gasteiger partial charge in [0, 0.05) is 45.8 Å². The van der Waals surface area contributed by atoms with E-state index in [1.165, 1.54) is 17.8 Å². The highest BCUT2D eigenvalue weighted by Gasteiger charge is 2.45. The first-order valence-corrected chi connectivity index (χ1v) is 9.46. The average Bonchev–Trinajstić information content (AvgIpc) is 3.22. The van der Waals surface area contributed by atoms with Crippen LogP contribution >= 0.6 is 0 Å². The number of rotatable bonds is 3. The lowest BCUT2D eigenvalue weighted by Gasteiger charge is -2.40. The molecule has 9 heteroatoms. The summed E-state index contributed by atoms with van der Waals surface area (Å²) in [6.07, 6.45) is 2.83. The van der Waals surface area contributed by atoms with Gasteiger partial charge in [0.05, 0.1) is 5.69 Å². The van der Waals surface area contributed by atoms with Gasteiger partial charge in [-0.15, -0.1) is 0 Å². The number of carbonyl (C=O) groups is 1. The number of anilines is 1. The average molecular weight is 390 g/mol. The zero-order valence-electron chi connectivity index (χ0n) is 16.3. The second-order valence-corrected chi connectivity index (χ2v) is 7.93. The Hall–Kier alpha value is -2.58. The molecule has 3 heterocycles. The quantitative estimate of drug-likeness (QED) is 0.805. The van der Waals surface area contributed by atoms with Crippen LogP contribution in [0, 0.1) is 0 Å². The number of halogens is 2. The monoisotopic (exact) mass is 390 g/mol. The van der Waals surface area contributed by atoms with Gasteiger partial charge in [-0.05, 0) is 37.3 Å². The van der Waals surface area contributed by atoms with Crippen LogP contribution in [0.3, 0.4) is 0 Å². The molecule has 7 nitrogen and oxygen atoms in total. The van der Waals surface area contributed by atoms with E-state index in [-0.39, 0.29) is 22.7 Å². The number of nitrogens with zero attached hydrogens (tertiary/aromatic N) is 6. The van der Waals surface area contributed by atoms with Crippen LogP contribution in [-0.4, -0.2) is 57.7 Å². The first-order chi connectivity index (χ1) is 13.3. The fourth-order valence-corrected chi connectivity index (χ4v) is 4.41. The summed E-state index contributed by atoms with van der Waals surface area (Å²) in [6, 6.07) is 1.20. The molecule has 150 valence electrons. The molecule has 0 N–H and O–H groups in total. The number of carbonyl (C=O) groups excluding carboxylic acids is 1. The van der Waals surface area contributed by atoms with Gasteiger partial charge in [-0.3, -0.25) is 9.48 Å². The minimum Gasteiger partial charge on any atom is -0.347 e. The largest absolute Gasteiger partial charge is 0.347 e. The lowest BCUT2D eigenvalue weighted by Crippen LogP contribution is -2.48. The highest BCUT2D eigenvalue weighted by molar-refractivity contribution is 5.93. The van der Waals surface area contributed by atoms with E-state index >= 15 is 0 Å². The predicted octanol–water partition coefficient (Wildman–Crippen LogP) is 2.33. The van der Waals surface area contributed by atoms with Crippen molar-refractivity contribution in [2.24, 2.45) is 7.05 Å². The molecule has 1 unspecified atom stereocenters. The Morgan fingerprint density at radius 2 is 2.11 bits per heavy atom. The topological polar surface area (TPSA) is 67.2 Å². The Morgan fingerprint density at radius 1 is 1.32 bits per heavy atom. The van der Waals surface area contributed by atoms with Crippen LogP contribution in [0.25, 0.3) is 0 Å². The fourth-order valence-electron chi connectivity index (χ4n) is 4.41. The molecule has 1 aliphatic heterocycles. The summed E-state index contributed by atoms with van der Waals surface area (Å²) in [5.41, 5.74) is 1.80. The van der Waals surface area contributed by atoms with Crippen LogP contribution in [-0.2, 0) is 18.9 Å². The zero-order chi connectivity index (χ0) is 20.1. The Labute approximate surface area is 162 Å². The molecule has 2 aliphatic rings. The van der Waals surface area contributed by atoms with Crippen molar-refractivity contribution in [1.82, 2.24) is 24.6 Å². The van der Waals surface area contributed by atoms with Crippen LogP contribution in [0.15, 0.2) is 12.3 Å². The van der Waals surface area contributed by atoms with E-state index in [9.17, 15) is 13.6 Å². The molecule has 1 fully saturated rings. The van der Waals surface area contributed by atoms with Crippen LogP contribution in [0.2, 0.25) is 0 Å². The number of aromatic nitrogens is 4. The van der Waals surface area contributed by atoms with Gasteiger partial charge in [0.1, 0.15) is 11.4 Å². The maximum atomic E-state index is 13.1. The molecule has 2 aromatic rings. The minimum absolute atomic E-state index is 0.193. The number of likely N-dealkylation sites (tertiary alicyclic amines) is 1. The molecule has 0 bridgehead atoms. The summed E-state index contributed by atoms with van der Waals surface area (Å²) >= 11 is 0. The van der Waals surface area contributed by atoms with Crippen LogP contribution in [0.5, 0.6) is 0 Å². The summed E-state index contributed by atoms with van der Waals surface area (Å²) < 4.78 is 27.2. The number of hydrogen-bond donors (Lipinski definition) is 0. The van der Waals surface area contributed by atoms with Gasteiger partial charge in [0.2, 0.25) is 5.95 Å². The molecular weight excluding hydrogens is 366 g/mol. The fraction of sp³-hybridized carbons (Fsp3) is 0.579. The second kappa shape index (κ2) is 6.79. The highest BCUT2D eigenvalue weighted by atomic mass is 19.3. The lowest BCUT2D eigenvalue weighted by molar-refractivity contribution is 0.0622. The smallest absolute Gasteiger partial charge is 0.282 e. The third kappa shape index (κ3) is 3.02. The molecule has 0 saturated carbocycles. The van der Waals surface area contributed by atoms with Crippen LogP contribution in [0.4, 0.5) is 14.7 Å². The van der Waals surface area contributed by atoms with Gasteiger partial charge < -0.3 is 9.80 Å². The van der Waals surface area contributed by atoms with E-state index < -0.39 is 6.43 Å². The summed E-state index contributed by atoms with van der Waals surface area (Å²) in [7, 11) is 5.34. The van der Waals surface area contributed by atoms with Crippen LogP contribution in [0.1, 0.15) is 53.1 Å². The van der Waals surface area contributed by atoms with Crippen molar-refractivity contribution >= 4 is 11.9 Å². The van der Waals surface area contributed by atoms with Crippen molar-refractivity contribution in [2.45, 2.75) is 37.5 Å². The molecular formula is C19H24F2N6O. The van der Waals surface area contributed by atoms with Crippen molar-refractivity contribution in [1.29, 1.82) is 0 Å². The maximum Gasteiger partial charge on any atom is 0.282 e. The standard InChI is InChI=1S/C19H24F2N6O/c1-25(2)18-22-10-12-5-7-19(15(12)23-18)6-4-8-27(11-19)17(28)14-9-13(16(20)21)24-26(14)3/h9-10,16H,4-8,11H2,1-3H3. The number of aryl methyl sites for hydroxylation is 2. The Bertz CT molecular complexity index is 908. The van der Waals surface area contributed by atoms with E-state index in [0.29, 0.717) is 19.0 Å². The Morgan fingerprint density at radius 3 is 2.79 bits per heavy atom. The maximum absolute atomic E-state index is 13.1. The SMILES string of the molecule is CN(C)c1ncc2c(n1)C1(CCCN(C(=O)c3cc(C(F)F)nn3C)C1)CC2. The third-order valence-corrected chi connectivity index (χ3v) is 5.83. The van der Waals surface area contributed by atoms with Gasteiger partial charge in [0.15, 0.2) is 0 Å². The molecule has 0 aromatic carbocycles. The summed E-state index contributed by atoms with van der Waals surface area (Å²) in [6.45, 7) is 1.15. The van der Waals surface area contributed by atoms with E-state index in [0.717, 1.165) is 36.9 Å². The summed E-state index contributed by atoms with van der Waals surface area (Å²) in [5, 5.41) is 3.78. The lowest BCUT2D eigenvalue weighted by atomic mass is 9.77. The number of hydrogen-bond acceptors (Lipinski definition) is 5. The van der Waals surface area contributed by atoms with Gasteiger partial charge in [0.25, 0.3) is 12.3 Å². The molecule has 4 rings (SSSR count). The molecule has 1 spiro atoms. The third-order valence-electron chi connectivity index (χ3n) is 5.83. The Kier molecular flexibility index (Phi) is 4.55. The molecule has 1 atom stereocenters. The molecule has 1 saturated heterocycles. The van der Waals surface area contributed by atoms with Gasteiger partial charge >= 0.3 is 0 Å². The zero-order valence-corrected chi connectivity index (χ0v) is 16.3. The number of alkyl halides is 2. The first-order valence-electron chi connectivity index (χ1n) is 9.46. The number of amides is 1. The molecule has 1 aliphatic carbocycles. The van der Waals surface area contributed by atoms with Crippen molar-refractivity contribution in [3.8, 4) is 0 Å². The van der Waals surface area contributed by atoms with Crippen molar-refractivity contribution < 1.29 is 13.6 Å². The van der Waals surface area contributed by atoms with Gasteiger partial charge in [-0.1, -0.05) is 0 Å². The van der Waals surface area contributed by atoms with Crippen molar-refractivity contribution in [3.63, 3.8) is 0 Å². The second-order valence-electron chi connectivity index (χ2n) is 7.93. The Balaban J connectivity index is 1.63. The van der Waals surface area contributed by atoms with E-state index in [2.05, 4.69) is 10.1 Å². The van der Waals surface area contributed by atoms with E-state index in [1.54, 1.807) is 4.90 Å². The molecule has 28 heavy (non-hydrogen) atoms. The first kappa shape index (κ1) is 18.8. The van der Waals surface area contributed by atoms with Crippen LogP contribution < -0.4 is 4.90 Å². The van der Waals surface area contributed by atoms with Crippen molar-refractivity contribution in [3.05, 3.63) is 34.9 Å². The number of piperidine rings is 1. The summed E-state index contributed by atoms with van der Waals surface area (Å²) in [4.78, 5) is 25.9. The molecule has 1 amide bonds. The van der Waals surface area contributed by atoms with Crippen molar-refractivity contribution in [2.75, 3.05) is 32.1 Å². The van der Waals surface area contributed by atoms with Gasteiger partial charge in [-0.25, -0.2) is 18.7 Å². The normalized spacial score (nSPS) is 21.4. The predicted molar refractivity (Wildman–Crippen MR) is 99.7 cm³/mol. The molecule has 2 aromatic heterocycles. The van der Waals surface area contributed by atoms with E-state index in [4.69, 9.17) is 4.98 Å². The highest BCUT2D eigenvalue weighted by Crippen LogP contribution is 2.44. The van der Waals surface area contributed by atoms with Gasteiger partial charge in [-0.2, -0.15) is 5.10 Å². The minimum atomic E-state index is -2.69. The summed E-state index contributed by atoms with van der Waals surface area (Å²) in [5.74, 6) is 0.410. The van der Waals surface area contributed by atoms with E-state index in [1.807, 2.05) is 25.2 Å².